The lowest BCUT2D eigenvalue weighted by Gasteiger charge is -2.34. The van der Waals surface area contributed by atoms with Crippen LogP contribution < -0.4 is 20.7 Å². The molecule has 3 aliphatic heterocycles. The molecule has 3 aromatic heterocycles. The number of hydrogen-bond acceptors (Lipinski definition) is 12. The number of nitrogens with zero attached hydrogens (tertiary/aromatic N) is 6. The highest BCUT2D eigenvalue weighted by atomic mass is 28.3. The molecule has 0 spiro atoms. The third-order valence-corrected chi connectivity index (χ3v) is 11.7. The van der Waals surface area contributed by atoms with Crippen LogP contribution in [-0.4, -0.2) is 87.0 Å². The van der Waals surface area contributed by atoms with Gasteiger partial charge in [-0.15, -0.1) is 0 Å². The number of rotatable bonds is 7. The summed E-state index contributed by atoms with van der Waals surface area (Å²) < 4.78 is 12.9. The maximum Gasteiger partial charge on any atom is 0.415 e. The molecule has 3 aliphatic rings. The standard InChI is InChI=1S/C35H39N7O8Si/c1-5-35(47)25-15-27-29-20(18-42(27)31(44)24(25)19-49-32(35)45)14-23-22(8-13-51(2,3)4)28(7-6-26(23)38-29)50-34(46)41-11-9-40(10-12-41)33-36-16-21(17-37-33)30(43)39-48/h6-7,14-17,47-48H,5,8-13,18-19H2,1-4H3,(H,39,43)/t35-/m0/s1. The number of anilines is 1. The highest BCUT2D eigenvalue weighted by Crippen LogP contribution is 2.40. The van der Waals surface area contributed by atoms with Crippen LogP contribution in [0.1, 0.15) is 46.0 Å². The van der Waals surface area contributed by atoms with Crippen LogP contribution in [0.4, 0.5) is 10.7 Å². The molecular weight excluding hydrogens is 675 g/mol. The fourth-order valence-electron chi connectivity index (χ4n) is 6.86. The maximum absolute atomic E-state index is 13.7. The average molecular weight is 714 g/mol. The number of piperazine rings is 1. The Morgan fingerprint density at radius 2 is 1.80 bits per heavy atom. The van der Waals surface area contributed by atoms with Gasteiger partial charge in [-0.2, -0.15) is 0 Å². The van der Waals surface area contributed by atoms with E-state index in [0.29, 0.717) is 61.2 Å². The van der Waals surface area contributed by atoms with Crippen LogP contribution >= 0.6 is 0 Å². The van der Waals surface area contributed by atoms with Gasteiger partial charge < -0.3 is 28.9 Å². The Morgan fingerprint density at radius 1 is 1.08 bits per heavy atom. The first kappa shape index (κ1) is 34.3. The summed E-state index contributed by atoms with van der Waals surface area (Å²) in [7, 11) is -1.52. The molecule has 1 fully saturated rings. The van der Waals surface area contributed by atoms with E-state index in [9.17, 15) is 24.3 Å². The first-order valence-electron chi connectivity index (χ1n) is 16.9. The third kappa shape index (κ3) is 6.12. The number of benzene rings is 1. The zero-order valence-electron chi connectivity index (χ0n) is 28.9. The number of carbonyl (C=O) groups excluding carboxylic acids is 3. The summed E-state index contributed by atoms with van der Waals surface area (Å²) in [6.07, 6.45) is 2.92. The molecule has 0 saturated carbocycles. The molecule has 0 bridgehead atoms. The lowest BCUT2D eigenvalue weighted by molar-refractivity contribution is -0.172. The minimum atomic E-state index is -1.91. The highest BCUT2D eigenvalue weighted by molar-refractivity contribution is 6.76. The van der Waals surface area contributed by atoms with Crippen LogP contribution in [0.3, 0.4) is 0 Å². The summed E-state index contributed by atoms with van der Waals surface area (Å²) in [6.45, 7) is 10.2. The number of amides is 2. The quantitative estimate of drug-likeness (QED) is 0.0969. The topological polar surface area (TPSA) is 189 Å². The second kappa shape index (κ2) is 12.8. The molecule has 3 N–H and O–H groups in total. The van der Waals surface area contributed by atoms with E-state index in [1.807, 2.05) is 17.0 Å². The molecule has 1 atom stereocenters. The number of carbonyl (C=O) groups is 3. The fourth-order valence-corrected chi connectivity index (χ4v) is 7.86. The normalized spacial score (nSPS) is 18.2. The van der Waals surface area contributed by atoms with Crippen LogP contribution in [0, 0.1) is 0 Å². The van der Waals surface area contributed by atoms with E-state index in [0.717, 1.165) is 22.6 Å². The van der Waals surface area contributed by atoms with E-state index in [1.165, 1.54) is 12.4 Å². The van der Waals surface area contributed by atoms with E-state index >= 15 is 0 Å². The average Bonchev–Trinajstić information content (AvgIpc) is 3.49. The van der Waals surface area contributed by atoms with E-state index < -0.39 is 31.6 Å². The Balaban J connectivity index is 1.17. The molecule has 1 aromatic carbocycles. The molecule has 1 saturated heterocycles. The van der Waals surface area contributed by atoms with Crippen LogP contribution in [-0.2, 0) is 34.7 Å². The fraction of sp³-hybridized carbons (Fsp3) is 0.400. The summed E-state index contributed by atoms with van der Waals surface area (Å²) >= 11 is 0. The van der Waals surface area contributed by atoms with E-state index in [2.05, 4.69) is 29.6 Å². The molecule has 0 aliphatic carbocycles. The van der Waals surface area contributed by atoms with Gasteiger partial charge in [-0.3, -0.25) is 14.8 Å². The third-order valence-electron chi connectivity index (χ3n) is 9.90. The summed E-state index contributed by atoms with van der Waals surface area (Å²) in [4.78, 5) is 68.4. The molecule has 4 aromatic rings. The van der Waals surface area contributed by atoms with E-state index in [1.54, 1.807) is 34.0 Å². The predicted octanol–water partition coefficient (Wildman–Crippen LogP) is 3.19. The predicted molar refractivity (Wildman–Crippen MR) is 187 cm³/mol. The Morgan fingerprint density at radius 3 is 2.47 bits per heavy atom. The molecule has 16 heteroatoms. The van der Waals surface area contributed by atoms with Gasteiger partial charge in [0.2, 0.25) is 5.95 Å². The molecule has 51 heavy (non-hydrogen) atoms. The van der Waals surface area contributed by atoms with Crippen molar-refractivity contribution in [2.45, 2.75) is 64.2 Å². The van der Waals surface area contributed by atoms with Gasteiger partial charge in [0.15, 0.2) is 5.60 Å². The molecule has 0 unspecified atom stereocenters. The monoisotopic (exact) mass is 713 g/mol. The van der Waals surface area contributed by atoms with Gasteiger partial charge in [0.25, 0.3) is 11.5 Å². The number of ether oxygens (including phenoxy) is 2. The first-order valence-corrected chi connectivity index (χ1v) is 20.6. The Hall–Kier alpha value is -5.19. The largest absolute Gasteiger partial charge is 0.458 e. The zero-order chi connectivity index (χ0) is 36.2. The van der Waals surface area contributed by atoms with Gasteiger partial charge in [-0.05, 0) is 37.1 Å². The Bertz CT molecular complexity index is 2140. The van der Waals surface area contributed by atoms with Crippen molar-refractivity contribution < 1.29 is 34.2 Å². The Kier molecular flexibility index (Phi) is 8.63. The summed E-state index contributed by atoms with van der Waals surface area (Å²) in [5.41, 5.74) is 3.49. The SMILES string of the molecule is CC[C@@]1(O)C(=O)OCc2c1cc1n(c2=O)Cc2cc3c(CC[Si](C)(C)C)c(OC(=O)N4CCN(c5ncc(C(=O)NO)cn5)CC4)ccc3nc2-1. The number of aromatic nitrogens is 4. The molecule has 15 nitrogen and oxygen atoms in total. The number of aliphatic hydroxyl groups is 1. The second-order valence-corrected chi connectivity index (χ2v) is 19.9. The summed E-state index contributed by atoms with van der Waals surface area (Å²) in [5, 5.41) is 20.9. The van der Waals surface area contributed by atoms with Gasteiger partial charge >= 0.3 is 12.1 Å². The number of hydroxylamine groups is 1. The van der Waals surface area contributed by atoms with Crippen molar-refractivity contribution >= 4 is 42.9 Å². The van der Waals surface area contributed by atoms with Gasteiger partial charge in [-0.25, -0.2) is 30.0 Å². The number of esters is 1. The number of fused-ring (bicyclic) bond motifs is 5. The molecule has 0 radical (unpaired) electrons. The van der Waals surface area contributed by atoms with Crippen LogP contribution in [0.25, 0.3) is 22.3 Å². The van der Waals surface area contributed by atoms with Gasteiger partial charge in [0.1, 0.15) is 12.4 Å². The van der Waals surface area contributed by atoms with Crippen molar-refractivity contribution in [3.8, 4) is 17.1 Å². The second-order valence-electron chi connectivity index (χ2n) is 14.3. The van der Waals surface area contributed by atoms with Crippen molar-refractivity contribution in [2.24, 2.45) is 0 Å². The lowest BCUT2D eigenvalue weighted by atomic mass is 9.86. The van der Waals surface area contributed by atoms with Crippen LogP contribution in [0.5, 0.6) is 5.75 Å². The number of aryl methyl sites for hydroxylation is 1. The molecule has 7 rings (SSSR count). The van der Waals surface area contributed by atoms with Gasteiger partial charge in [0.05, 0.1) is 34.6 Å². The van der Waals surface area contributed by atoms with Crippen LogP contribution in [0.2, 0.25) is 25.7 Å². The number of nitrogens with one attached hydrogen (secondary N) is 1. The minimum absolute atomic E-state index is 0.0625. The smallest absolute Gasteiger partial charge is 0.415 e. The summed E-state index contributed by atoms with van der Waals surface area (Å²) in [6, 6.07) is 8.24. The van der Waals surface area contributed by atoms with E-state index in [-0.39, 0.29) is 41.8 Å². The Labute approximate surface area is 293 Å². The molecule has 6 heterocycles. The molecular formula is C35H39N7O8Si. The number of cyclic esters (lactones) is 1. The van der Waals surface area contributed by atoms with Gasteiger partial charge in [0, 0.05) is 68.7 Å². The number of pyridine rings is 2. The van der Waals surface area contributed by atoms with Crippen LogP contribution in [0.15, 0.2) is 41.5 Å². The van der Waals surface area contributed by atoms with Crippen molar-refractivity contribution in [3.63, 3.8) is 0 Å². The van der Waals surface area contributed by atoms with Gasteiger partial charge in [-0.1, -0.05) is 32.6 Å². The van der Waals surface area contributed by atoms with E-state index in [4.69, 9.17) is 19.7 Å². The highest BCUT2D eigenvalue weighted by Gasteiger charge is 2.45. The molecule has 2 amide bonds. The van der Waals surface area contributed by atoms with Crippen molar-refractivity contribution in [3.05, 3.63) is 74.8 Å². The van der Waals surface area contributed by atoms with Crippen molar-refractivity contribution in [2.75, 3.05) is 31.1 Å². The summed E-state index contributed by atoms with van der Waals surface area (Å²) in [5.74, 6) is -0.597. The zero-order valence-corrected chi connectivity index (χ0v) is 29.9. The van der Waals surface area contributed by atoms with Crippen molar-refractivity contribution in [1.29, 1.82) is 0 Å². The maximum atomic E-state index is 13.7. The lowest BCUT2D eigenvalue weighted by Crippen LogP contribution is -2.50. The first-order chi connectivity index (χ1) is 24.3. The minimum Gasteiger partial charge on any atom is -0.458 e. The van der Waals surface area contributed by atoms with Crippen molar-refractivity contribution in [1.82, 2.24) is 29.9 Å². The molecule has 266 valence electrons. The number of hydrogen-bond donors (Lipinski definition) is 3.